The number of amides is 3. The van der Waals surface area contributed by atoms with Crippen molar-refractivity contribution in [3.63, 3.8) is 0 Å². The summed E-state index contributed by atoms with van der Waals surface area (Å²) < 4.78 is 5.15. The van der Waals surface area contributed by atoms with E-state index in [2.05, 4.69) is 10.6 Å². The van der Waals surface area contributed by atoms with Gasteiger partial charge in [-0.3, -0.25) is 9.59 Å². The number of carbonyl (C=O) groups excluding carboxylic acids is 3. The number of aliphatic hydroxyl groups excluding tert-OH is 1. The monoisotopic (exact) mass is 482 g/mol. The molecular formula is C25H30N4O6. The average molecular weight is 483 g/mol. The molecule has 0 aliphatic heterocycles. The summed E-state index contributed by atoms with van der Waals surface area (Å²) in [5.41, 5.74) is 0.757. The molecule has 0 aliphatic carbocycles. The lowest BCUT2D eigenvalue weighted by atomic mass is 10.0. The van der Waals surface area contributed by atoms with Gasteiger partial charge in [0, 0.05) is 5.69 Å². The predicted molar refractivity (Wildman–Crippen MR) is 128 cm³/mol. The molecule has 10 heteroatoms. The highest BCUT2D eigenvalue weighted by Gasteiger charge is 2.36. The first kappa shape index (κ1) is 27.1. The Morgan fingerprint density at radius 3 is 2.29 bits per heavy atom. The van der Waals surface area contributed by atoms with Gasteiger partial charge >= 0.3 is 6.09 Å². The molecule has 0 saturated carbocycles. The summed E-state index contributed by atoms with van der Waals surface area (Å²) in [6.07, 6.45) is -0.938. The molecule has 0 spiro atoms. The van der Waals surface area contributed by atoms with Crippen molar-refractivity contribution >= 4 is 23.6 Å². The van der Waals surface area contributed by atoms with Gasteiger partial charge in [0.2, 0.25) is 5.91 Å². The lowest BCUT2D eigenvalue weighted by molar-refractivity contribution is -0.140. The van der Waals surface area contributed by atoms with E-state index in [9.17, 15) is 29.9 Å². The second kappa shape index (κ2) is 11.9. The van der Waals surface area contributed by atoms with Gasteiger partial charge in [0.25, 0.3) is 5.91 Å². The van der Waals surface area contributed by atoms with Crippen molar-refractivity contribution in [2.24, 2.45) is 0 Å². The highest BCUT2D eigenvalue weighted by molar-refractivity contribution is 5.99. The van der Waals surface area contributed by atoms with Crippen molar-refractivity contribution < 1.29 is 29.3 Å². The second-order valence-corrected chi connectivity index (χ2v) is 8.80. The van der Waals surface area contributed by atoms with Crippen molar-refractivity contribution in [1.82, 2.24) is 10.2 Å². The highest BCUT2D eigenvalue weighted by Crippen LogP contribution is 2.26. The number of alkyl carbamates (subject to hydrolysis) is 1. The molecule has 10 nitrogen and oxygen atoms in total. The molecule has 2 rings (SSSR count). The molecule has 0 bridgehead atoms. The Morgan fingerprint density at radius 2 is 1.74 bits per heavy atom. The number of aliphatic hydroxyl groups is 1. The summed E-state index contributed by atoms with van der Waals surface area (Å²) in [6, 6.07) is 11.7. The molecule has 0 heterocycles. The molecule has 4 N–H and O–H groups in total. The van der Waals surface area contributed by atoms with Gasteiger partial charge in [-0.05, 0) is 57.0 Å². The van der Waals surface area contributed by atoms with Crippen LogP contribution in [0.1, 0.15) is 37.9 Å². The number of nitriles is 1. The number of hydrogen-bond donors (Lipinski definition) is 4. The maximum atomic E-state index is 13.4. The quantitative estimate of drug-likeness (QED) is 0.422. The van der Waals surface area contributed by atoms with Crippen LogP contribution in [0.3, 0.4) is 0 Å². The molecule has 2 aromatic rings. The molecule has 2 unspecified atom stereocenters. The van der Waals surface area contributed by atoms with Crippen LogP contribution in [0.4, 0.5) is 10.5 Å². The van der Waals surface area contributed by atoms with E-state index in [0.717, 1.165) is 10.5 Å². The largest absolute Gasteiger partial charge is 0.508 e. The Labute approximate surface area is 204 Å². The Bertz CT molecular complexity index is 1090. The minimum Gasteiger partial charge on any atom is -0.508 e. The van der Waals surface area contributed by atoms with E-state index in [-0.39, 0.29) is 5.75 Å². The van der Waals surface area contributed by atoms with Crippen molar-refractivity contribution in [2.45, 2.75) is 45.4 Å². The third-order valence-electron chi connectivity index (χ3n) is 4.87. The van der Waals surface area contributed by atoms with Gasteiger partial charge in [-0.2, -0.15) is 5.26 Å². The molecule has 0 saturated heterocycles. The Kier molecular flexibility index (Phi) is 9.19. The van der Waals surface area contributed by atoms with Gasteiger partial charge in [0.15, 0.2) is 0 Å². The molecule has 0 aliphatic rings. The van der Waals surface area contributed by atoms with Crippen LogP contribution in [0.25, 0.3) is 0 Å². The zero-order valence-electron chi connectivity index (χ0n) is 20.1. The summed E-state index contributed by atoms with van der Waals surface area (Å²) in [4.78, 5) is 40.0. The van der Waals surface area contributed by atoms with Crippen molar-refractivity contribution in [2.75, 3.05) is 18.5 Å². The molecule has 2 aromatic carbocycles. The van der Waals surface area contributed by atoms with Crippen molar-refractivity contribution in [3.05, 3.63) is 59.7 Å². The number of phenols is 1. The first-order chi connectivity index (χ1) is 16.5. The van der Waals surface area contributed by atoms with Crippen LogP contribution in [0.15, 0.2) is 48.5 Å². The molecular weight excluding hydrogens is 452 g/mol. The highest BCUT2D eigenvalue weighted by atomic mass is 16.6. The van der Waals surface area contributed by atoms with Crippen molar-refractivity contribution in [3.8, 4) is 11.8 Å². The zero-order valence-corrected chi connectivity index (χ0v) is 20.1. The van der Waals surface area contributed by atoms with Crippen LogP contribution in [0, 0.1) is 18.3 Å². The van der Waals surface area contributed by atoms with E-state index in [1.54, 1.807) is 45.9 Å². The van der Waals surface area contributed by atoms with Crippen LogP contribution in [0.2, 0.25) is 0 Å². The van der Waals surface area contributed by atoms with Crippen LogP contribution in [-0.4, -0.2) is 57.8 Å². The number of anilines is 1. The van der Waals surface area contributed by atoms with E-state index >= 15 is 0 Å². The number of para-hydroxylation sites is 1. The number of phenolic OH excluding ortho intramolecular Hbond substituents is 1. The van der Waals surface area contributed by atoms with E-state index in [1.165, 1.54) is 24.3 Å². The molecule has 186 valence electrons. The molecule has 35 heavy (non-hydrogen) atoms. The fraction of sp³-hybridized carbons (Fsp3) is 0.360. The SMILES string of the molecule is Cc1ccccc1NC(=O)C(c1ccc(O)cc1)N(CC#N)C(=O)C(CO)NC(=O)OC(C)(C)C. The zero-order chi connectivity index (χ0) is 26.2. The third-order valence-corrected chi connectivity index (χ3v) is 4.87. The lowest BCUT2D eigenvalue weighted by Gasteiger charge is -2.32. The number of ether oxygens (including phenoxy) is 1. The molecule has 0 aromatic heterocycles. The predicted octanol–water partition coefficient (Wildman–Crippen LogP) is 2.62. The molecule has 3 amide bonds. The van der Waals surface area contributed by atoms with E-state index < -0.39 is 48.7 Å². The second-order valence-electron chi connectivity index (χ2n) is 8.80. The van der Waals surface area contributed by atoms with E-state index in [1.807, 2.05) is 12.1 Å². The van der Waals surface area contributed by atoms with E-state index in [0.29, 0.717) is 11.3 Å². The van der Waals surface area contributed by atoms with Gasteiger partial charge in [0.1, 0.15) is 30.0 Å². The number of aromatic hydroxyl groups is 1. The minimum absolute atomic E-state index is 0.0511. The van der Waals surface area contributed by atoms with Crippen LogP contribution >= 0.6 is 0 Å². The topological polar surface area (TPSA) is 152 Å². The normalized spacial score (nSPS) is 12.6. The Hall–Kier alpha value is -4.10. The summed E-state index contributed by atoms with van der Waals surface area (Å²) >= 11 is 0. The maximum Gasteiger partial charge on any atom is 0.408 e. The van der Waals surface area contributed by atoms with Gasteiger partial charge in [-0.15, -0.1) is 0 Å². The van der Waals surface area contributed by atoms with Gasteiger partial charge in [0.05, 0.1) is 12.7 Å². The van der Waals surface area contributed by atoms with Gasteiger partial charge < -0.3 is 30.5 Å². The number of nitrogens with one attached hydrogen (secondary N) is 2. The van der Waals surface area contributed by atoms with Gasteiger partial charge in [-0.25, -0.2) is 4.79 Å². The lowest BCUT2D eigenvalue weighted by Crippen LogP contribution is -2.54. The average Bonchev–Trinajstić information content (AvgIpc) is 2.78. The minimum atomic E-state index is -1.47. The van der Waals surface area contributed by atoms with Crippen LogP contribution < -0.4 is 10.6 Å². The first-order valence-electron chi connectivity index (χ1n) is 10.9. The van der Waals surface area contributed by atoms with Crippen molar-refractivity contribution in [1.29, 1.82) is 5.26 Å². The summed E-state index contributed by atoms with van der Waals surface area (Å²) in [7, 11) is 0. The Morgan fingerprint density at radius 1 is 1.11 bits per heavy atom. The number of aryl methyl sites for hydroxylation is 1. The number of rotatable bonds is 8. The van der Waals surface area contributed by atoms with Crippen LogP contribution in [-0.2, 0) is 14.3 Å². The fourth-order valence-corrected chi connectivity index (χ4v) is 3.25. The number of carbonyl (C=O) groups is 3. The fourth-order valence-electron chi connectivity index (χ4n) is 3.25. The number of benzene rings is 2. The summed E-state index contributed by atoms with van der Waals surface area (Å²) in [6.45, 7) is 5.42. The Balaban J connectivity index is 2.44. The summed E-state index contributed by atoms with van der Waals surface area (Å²) in [5, 5.41) is 34.0. The third kappa shape index (κ3) is 7.72. The molecule has 0 fully saturated rings. The smallest absolute Gasteiger partial charge is 0.408 e. The van der Waals surface area contributed by atoms with E-state index in [4.69, 9.17) is 4.74 Å². The van der Waals surface area contributed by atoms with Gasteiger partial charge in [-0.1, -0.05) is 30.3 Å². The molecule has 0 radical (unpaired) electrons. The summed E-state index contributed by atoms with van der Waals surface area (Å²) in [5.74, 6) is -1.54. The molecule has 2 atom stereocenters. The van der Waals surface area contributed by atoms with Crippen LogP contribution in [0.5, 0.6) is 5.75 Å². The standard InChI is InChI=1S/C25H30N4O6/c1-16-7-5-6-8-19(16)27-22(32)21(17-9-11-18(31)12-10-17)29(14-13-26)23(33)20(15-30)28-24(34)35-25(2,3)4/h5-12,20-21,30-31H,14-15H2,1-4H3,(H,27,32)(H,28,34). The first-order valence-corrected chi connectivity index (χ1v) is 10.9. The maximum absolute atomic E-state index is 13.4. The number of hydrogen-bond acceptors (Lipinski definition) is 7. The number of nitrogens with zero attached hydrogens (tertiary/aromatic N) is 2.